The van der Waals surface area contributed by atoms with Crippen LogP contribution in [0.15, 0.2) is 188 Å². The fraction of sp³-hybridized carbons (Fsp3) is 0.115. The molecular weight excluding hydrogens is 655 g/mol. The van der Waals surface area contributed by atoms with Gasteiger partial charge in [-0.3, -0.25) is 0 Å². The highest BCUT2D eigenvalue weighted by Crippen LogP contribution is 2.52. The van der Waals surface area contributed by atoms with Gasteiger partial charge in [0.25, 0.3) is 0 Å². The van der Waals surface area contributed by atoms with E-state index in [1.165, 1.54) is 55.6 Å². The molecule has 0 spiro atoms. The highest BCUT2D eigenvalue weighted by Gasteiger charge is 2.46. The summed E-state index contributed by atoms with van der Waals surface area (Å²) in [5.74, 6) is 0.969. The van der Waals surface area contributed by atoms with Gasteiger partial charge in [-0.25, -0.2) is 0 Å². The Labute approximate surface area is 318 Å². The minimum absolute atomic E-state index is 0.103. The number of para-hydroxylation sites is 1. The molecule has 260 valence electrons. The van der Waals surface area contributed by atoms with Crippen LogP contribution in [0.5, 0.6) is 5.75 Å². The predicted molar refractivity (Wildman–Crippen MR) is 225 cm³/mol. The lowest BCUT2D eigenvalue weighted by Crippen LogP contribution is -2.36. The van der Waals surface area contributed by atoms with Crippen molar-refractivity contribution in [3.05, 3.63) is 210 Å². The van der Waals surface area contributed by atoms with Crippen molar-refractivity contribution in [2.45, 2.75) is 37.7 Å². The van der Waals surface area contributed by atoms with Crippen molar-refractivity contribution in [2.75, 3.05) is 4.90 Å². The Bertz CT molecular complexity index is 2630. The Morgan fingerprint density at radius 3 is 1.89 bits per heavy atom. The van der Waals surface area contributed by atoms with Gasteiger partial charge in [0.1, 0.15) is 11.9 Å². The number of allylic oxidation sites excluding steroid dienone is 2. The van der Waals surface area contributed by atoms with Gasteiger partial charge in [0.05, 0.1) is 5.41 Å². The number of nitrogens with zero attached hydrogens (tertiary/aromatic N) is 1. The van der Waals surface area contributed by atoms with Gasteiger partial charge in [-0.15, -0.1) is 0 Å². The van der Waals surface area contributed by atoms with Crippen molar-refractivity contribution in [1.29, 1.82) is 0 Å². The molecule has 54 heavy (non-hydrogen) atoms. The molecule has 2 nitrogen and oxygen atoms in total. The molecule has 1 unspecified atom stereocenters. The molecule has 2 heteroatoms. The number of ether oxygens (including phenoxy) is 1. The van der Waals surface area contributed by atoms with E-state index < -0.39 is 0 Å². The summed E-state index contributed by atoms with van der Waals surface area (Å²) in [7, 11) is 0. The van der Waals surface area contributed by atoms with Crippen molar-refractivity contribution in [3.63, 3.8) is 0 Å². The first-order valence-corrected chi connectivity index (χ1v) is 18.9. The third-order valence-corrected chi connectivity index (χ3v) is 11.9. The average Bonchev–Trinajstić information content (AvgIpc) is 3.65. The molecule has 2 atom stereocenters. The fourth-order valence-electron chi connectivity index (χ4n) is 9.07. The Hall–Kier alpha value is -6.38. The minimum Gasteiger partial charge on any atom is -0.484 e. The quantitative estimate of drug-likeness (QED) is 0.172. The lowest BCUT2D eigenvalue weighted by molar-refractivity contribution is 0.238. The molecule has 2 aliphatic carbocycles. The Balaban J connectivity index is 1.07. The molecule has 0 saturated heterocycles. The third-order valence-electron chi connectivity index (χ3n) is 11.9. The summed E-state index contributed by atoms with van der Waals surface area (Å²) in [6.45, 7) is 7.00. The second-order valence-electron chi connectivity index (χ2n) is 15.5. The molecule has 0 fully saturated rings. The molecule has 0 radical (unpaired) electrons. The number of anilines is 3. The van der Waals surface area contributed by atoms with Crippen molar-refractivity contribution in [2.24, 2.45) is 0 Å². The molecule has 10 rings (SSSR count). The van der Waals surface area contributed by atoms with E-state index in [1.54, 1.807) is 0 Å². The minimum atomic E-state index is -0.232. The molecule has 0 aromatic heterocycles. The summed E-state index contributed by atoms with van der Waals surface area (Å²) in [6, 6.07) is 61.8. The predicted octanol–water partition coefficient (Wildman–Crippen LogP) is 13.5. The molecule has 0 amide bonds. The van der Waals surface area contributed by atoms with Crippen LogP contribution in [0.2, 0.25) is 0 Å². The molecular formula is C52H41NO. The van der Waals surface area contributed by atoms with Crippen LogP contribution < -0.4 is 9.64 Å². The summed E-state index contributed by atoms with van der Waals surface area (Å²) in [5, 5.41) is 0. The van der Waals surface area contributed by atoms with Crippen molar-refractivity contribution in [1.82, 2.24) is 0 Å². The Kier molecular flexibility index (Phi) is 7.39. The summed E-state index contributed by atoms with van der Waals surface area (Å²) in [5.41, 5.74) is 16.8. The number of fused-ring (bicyclic) bond motifs is 6. The summed E-state index contributed by atoms with van der Waals surface area (Å²) in [4.78, 5) is 2.41. The number of hydrogen-bond acceptors (Lipinski definition) is 2. The second-order valence-corrected chi connectivity index (χ2v) is 15.5. The van der Waals surface area contributed by atoms with Gasteiger partial charge in [-0.2, -0.15) is 0 Å². The van der Waals surface area contributed by atoms with Crippen molar-refractivity contribution >= 4 is 22.6 Å². The maximum Gasteiger partial charge on any atom is 0.137 e. The van der Waals surface area contributed by atoms with E-state index in [0.29, 0.717) is 0 Å². The number of hydrogen-bond donors (Lipinski definition) is 0. The van der Waals surface area contributed by atoms with Gasteiger partial charge >= 0.3 is 0 Å². The van der Waals surface area contributed by atoms with E-state index in [1.807, 2.05) is 0 Å². The molecule has 7 aromatic rings. The second kappa shape index (κ2) is 12.4. The van der Waals surface area contributed by atoms with E-state index in [0.717, 1.165) is 28.4 Å². The largest absolute Gasteiger partial charge is 0.484 e. The first kappa shape index (κ1) is 32.3. The molecule has 3 aliphatic rings. The molecule has 7 aromatic carbocycles. The average molecular weight is 696 g/mol. The van der Waals surface area contributed by atoms with Gasteiger partial charge < -0.3 is 9.64 Å². The lowest BCUT2D eigenvalue weighted by atomic mass is 9.72. The molecule has 1 aliphatic heterocycles. The number of benzene rings is 7. The van der Waals surface area contributed by atoms with Crippen LogP contribution in [0.4, 0.5) is 17.1 Å². The summed E-state index contributed by atoms with van der Waals surface area (Å²) in [6.07, 6.45) is 6.63. The first-order chi connectivity index (χ1) is 26.4. The van der Waals surface area contributed by atoms with Crippen molar-refractivity contribution < 1.29 is 4.74 Å². The van der Waals surface area contributed by atoms with Gasteiger partial charge in [0, 0.05) is 33.6 Å². The lowest BCUT2D eigenvalue weighted by Gasteiger charge is -2.33. The van der Waals surface area contributed by atoms with E-state index in [-0.39, 0.29) is 16.9 Å². The van der Waals surface area contributed by atoms with E-state index in [4.69, 9.17) is 4.74 Å². The Morgan fingerprint density at radius 1 is 0.463 bits per heavy atom. The van der Waals surface area contributed by atoms with Crippen LogP contribution >= 0.6 is 0 Å². The highest BCUT2D eigenvalue weighted by molar-refractivity contribution is 5.87. The normalized spacial score (nSPS) is 18.5. The zero-order valence-electron chi connectivity index (χ0n) is 30.8. The molecule has 0 N–H and O–H groups in total. The van der Waals surface area contributed by atoms with Gasteiger partial charge in [0.15, 0.2) is 0 Å². The van der Waals surface area contributed by atoms with E-state index in [9.17, 15) is 0 Å². The van der Waals surface area contributed by atoms with Crippen LogP contribution in [0.1, 0.15) is 43.0 Å². The monoisotopic (exact) mass is 695 g/mol. The fourth-order valence-corrected chi connectivity index (χ4v) is 9.07. The van der Waals surface area contributed by atoms with Crippen LogP contribution in [0, 0.1) is 0 Å². The summed E-state index contributed by atoms with van der Waals surface area (Å²) < 4.78 is 6.71. The smallest absolute Gasteiger partial charge is 0.137 e. The van der Waals surface area contributed by atoms with Crippen LogP contribution in [-0.2, 0) is 10.8 Å². The zero-order chi connectivity index (χ0) is 36.4. The Morgan fingerprint density at radius 2 is 1.07 bits per heavy atom. The van der Waals surface area contributed by atoms with Crippen molar-refractivity contribution in [3.8, 4) is 39.1 Å². The van der Waals surface area contributed by atoms with E-state index in [2.05, 4.69) is 214 Å². The molecule has 0 bridgehead atoms. The van der Waals surface area contributed by atoms with Gasteiger partial charge in [-0.05, 0) is 106 Å². The van der Waals surface area contributed by atoms with E-state index >= 15 is 0 Å². The topological polar surface area (TPSA) is 12.5 Å². The van der Waals surface area contributed by atoms with Crippen LogP contribution in [0.3, 0.4) is 0 Å². The highest BCUT2D eigenvalue weighted by atomic mass is 16.5. The third kappa shape index (κ3) is 5.09. The SMILES string of the molecule is CC1(C)c2ccccc2-c2ccc(N(c3ccc(-c4cccc(-c5ccccc5)c4)cc3)c3cccc(C4=CC=C[C@@]5(C)c6ccccc6OC45)c3)cc21. The first-order valence-electron chi connectivity index (χ1n) is 18.9. The molecule has 0 saturated carbocycles. The van der Waals surface area contributed by atoms with Gasteiger partial charge in [-0.1, -0.05) is 153 Å². The van der Waals surface area contributed by atoms with Crippen LogP contribution in [0.25, 0.3) is 39.0 Å². The van der Waals surface area contributed by atoms with Gasteiger partial charge in [0.2, 0.25) is 0 Å². The zero-order valence-corrected chi connectivity index (χ0v) is 30.8. The maximum atomic E-state index is 6.71. The standard InChI is InChI=1S/C52H41NO/c1-51(2)46-22-8-7-20-44(46)45-30-29-42(34-48(45)51)53(40-27-25-36(26-28-40)38-17-11-16-37(32-38)35-14-5-4-6-15-35)41-19-12-18-39(33-41)43-21-13-31-52(3)47-23-9-10-24-49(47)54-50(43)52/h4-34,50H,1-3H3/t50?,52-/m0/s1. The molecule has 1 heterocycles. The van der Waals surface area contributed by atoms with Crippen LogP contribution in [-0.4, -0.2) is 6.10 Å². The summed E-state index contributed by atoms with van der Waals surface area (Å²) >= 11 is 0. The number of rotatable bonds is 6. The maximum absolute atomic E-state index is 6.71.